The summed E-state index contributed by atoms with van der Waals surface area (Å²) in [7, 11) is 0. The standard InChI is InChI=1S/C24H28ClN5OS/c1-18(28-10-12-30(13-11-28)32-20-8-6-19(25)7-9-20)23-26-22-5-3-2-4-21(22)24(27-23)29-14-16-31-17-15-29/h2-9,18H,10-17H2,1H3. The maximum atomic E-state index is 6.01. The van der Waals surface area contributed by atoms with Crippen molar-refractivity contribution in [2.24, 2.45) is 0 Å². The van der Waals surface area contributed by atoms with Gasteiger partial charge in [-0.3, -0.25) is 4.90 Å². The fraction of sp³-hybridized carbons (Fsp3) is 0.417. The van der Waals surface area contributed by atoms with Gasteiger partial charge >= 0.3 is 0 Å². The van der Waals surface area contributed by atoms with Gasteiger partial charge < -0.3 is 9.64 Å². The fourth-order valence-corrected chi connectivity index (χ4v) is 5.30. The van der Waals surface area contributed by atoms with Crippen molar-refractivity contribution in [1.82, 2.24) is 19.2 Å². The molecule has 0 amide bonds. The molecule has 32 heavy (non-hydrogen) atoms. The summed E-state index contributed by atoms with van der Waals surface area (Å²) in [4.78, 5) is 16.1. The van der Waals surface area contributed by atoms with Gasteiger partial charge in [-0.1, -0.05) is 23.7 Å². The maximum Gasteiger partial charge on any atom is 0.148 e. The normalized spacial score (nSPS) is 19.4. The van der Waals surface area contributed by atoms with Crippen molar-refractivity contribution in [3.8, 4) is 0 Å². The second-order valence-electron chi connectivity index (χ2n) is 8.21. The minimum absolute atomic E-state index is 0.169. The number of ether oxygens (including phenoxy) is 1. The van der Waals surface area contributed by atoms with Crippen LogP contribution in [0.3, 0.4) is 0 Å². The van der Waals surface area contributed by atoms with Crippen molar-refractivity contribution in [2.45, 2.75) is 17.9 Å². The Labute approximate surface area is 198 Å². The van der Waals surface area contributed by atoms with Crippen LogP contribution < -0.4 is 4.90 Å². The Morgan fingerprint density at radius 3 is 2.38 bits per heavy atom. The molecule has 0 spiro atoms. The van der Waals surface area contributed by atoms with Crippen LogP contribution in [0, 0.1) is 0 Å². The lowest BCUT2D eigenvalue weighted by Crippen LogP contribution is -2.44. The molecule has 2 aromatic carbocycles. The van der Waals surface area contributed by atoms with E-state index < -0.39 is 0 Å². The topological polar surface area (TPSA) is 44.7 Å². The molecule has 2 aliphatic heterocycles. The molecule has 1 atom stereocenters. The van der Waals surface area contributed by atoms with Crippen LogP contribution in [0.5, 0.6) is 0 Å². The number of hydrogen-bond acceptors (Lipinski definition) is 7. The predicted molar refractivity (Wildman–Crippen MR) is 131 cm³/mol. The minimum atomic E-state index is 0.169. The van der Waals surface area contributed by atoms with E-state index in [-0.39, 0.29) is 6.04 Å². The second-order valence-corrected chi connectivity index (χ2v) is 9.81. The van der Waals surface area contributed by atoms with Crippen molar-refractivity contribution in [1.29, 1.82) is 0 Å². The first-order chi connectivity index (χ1) is 15.7. The van der Waals surface area contributed by atoms with E-state index in [9.17, 15) is 0 Å². The monoisotopic (exact) mass is 469 g/mol. The molecule has 1 aromatic heterocycles. The molecule has 0 N–H and O–H groups in total. The molecule has 0 aliphatic carbocycles. The van der Waals surface area contributed by atoms with Gasteiger partial charge in [0.25, 0.3) is 0 Å². The van der Waals surface area contributed by atoms with Crippen LogP contribution in [0.15, 0.2) is 53.4 Å². The highest BCUT2D eigenvalue weighted by Crippen LogP contribution is 2.30. The first-order valence-electron chi connectivity index (χ1n) is 11.2. The van der Waals surface area contributed by atoms with E-state index >= 15 is 0 Å². The highest BCUT2D eigenvalue weighted by atomic mass is 35.5. The number of aromatic nitrogens is 2. The van der Waals surface area contributed by atoms with E-state index in [1.54, 1.807) is 11.9 Å². The predicted octanol–water partition coefficient (Wildman–Crippen LogP) is 4.51. The fourth-order valence-electron chi connectivity index (χ4n) is 4.27. The lowest BCUT2D eigenvalue weighted by atomic mass is 10.1. The Kier molecular flexibility index (Phi) is 6.80. The summed E-state index contributed by atoms with van der Waals surface area (Å²) in [6.45, 7) is 9.45. The highest BCUT2D eigenvalue weighted by molar-refractivity contribution is 7.97. The number of anilines is 1. The lowest BCUT2D eigenvalue weighted by Gasteiger charge is -2.37. The Morgan fingerprint density at radius 2 is 1.62 bits per heavy atom. The summed E-state index contributed by atoms with van der Waals surface area (Å²) >= 11 is 7.82. The van der Waals surface area contributed by atoms with Crippen LogP contribution in [-0.2, 0) is 4.74 Å². The molecule has 2 saturated heterocycles. The summed E-state index contributed by atoms with van der Waals surface area (Å²) in [5, 5.41) is 1.90. The van der Waals surface area contributed by atoms with Gasteiger partial charge in [0.15, 0.2) is 0 Å². The molecule has 1 unspecified atom stereocenters. The summed E-state index contributed by atoms with van der Waals surface area (Å²) in [6.07, 6.45) is 0. The number of halogens is 1. The zero-order chi connectivity index (χ0) is 21.9. The van der Waals surface area contributed by atoms with Gasteiger partial charge in [0.05, 0.1) is 24.8 Å². The van der Waals surface area contributed by atoms with Gasteiger partial charge in [0.2, 0.25) is 0 Å². The number of hydrogen-bond donors (Lipinski definition) is 0. The number of benzene rings is 2. The molecule has 2 aliphatic rings. The van der Waals surface area contributed by atoms with Crippen LogP contribution in [0.2, 0.25) is 5.02 Å². The van der Waals surface area contributed by atoms with Crippen LogP contribution in [0.4, 0.5) is 5.82 Å². The quantitative estimate of drug-likeness (QED) is 0.509. The van der Waals surface area contributed by atoms with E-state index in [0.717, 1.165) is 80.1 Å². The Hall–Kier alpha value is -1.90. The third kappa shape index (κ3) is 4.87. The largest absolute Gasteiger partial charge is 0.378 e. The molecular weight excluding hydrogens is 442 g/mol. The van der Waals surface area contributed by atoms with Crippen molar-refractivity contribution >= 4 is 40.3 Å². The number of para-hydroxylation sites is 1. The van der Waals surface area contributed by atoms with Gasteiger partial charge in [-0.25, -0.2) is 14.3 Å². The third-order valence-electron chi connectivity index (χ3n) is 6.15. The van der Waals surface area contributed by atoms with Crippen LogP contribution in [0.25, 0.3) is 10.9 Å². The summed E-state index contributed by atoms with van der Waals surface area (Å²) in [5.74, 6) is 1.95. The number of morpholine rings is 1. The zero-order valence-electron chi connectivity index (χ0n) is 18.3. The number of piperazine rings is 1. The van der Waals surface area contributed by atoms with Crippen LogP contribution in [-0.4, -0.2) is 71.7 Å². The van der Waals surface area contributed by atoms with Crippen molar-refractivity contribution in [2.75, 3.05) is 57.4 Å². The number of nitrogens with zero attached hydrogens (tertiary/aromatic N) is 5. The lowest BCUT2D eigenvalue weighted by molar-refractivity contribution is 0.122. The Morgan fingerprint density at radius 1 is 0.906 bits per heavy atom. The highest BCUT2D eigenvalue weighted by Gasteiger charge is 2.26. The first kappa shape index (κ1) is 21.9. The smallest absolute Gasteiger partial charge is 0.148 e. The number of fused-ring (bicyclic) bond motifs is 1. The van der Waals surface area contributed by atoms with Crippen molar-refractivity contribution in [3.63, 3.8) is 0 Å². The zero-order valence-corrected chi connectivity index (χ0v) is 19.9. The van der Waals surface area contributed by atoms with Crippen LogP contribution >= 0.6 is 23.5 Å². The molecule has 0 radical (unpaired) electrons. The molecule has 3 heterocycles. The van der Waals surface area contributed by atoms with Crippen molar-refractivity contribution < 1.29 is 4.74 Å². The number of rotatable bonds is 5. The SMILES string of the molecule is CC(c1nc(N2CCOCC2)c2ccccc2n1)N1CCN(Sc2ccc(Cl)cc2)CC1. The minimum Gasteiger partial charge on any atom is -0.378 e. The van der Waals surface area contributed by atoms with Gasteiger partial charge in [-0.15, -0.1) is 0 Å². The molecule has 0 bridgehead atoms. The van der Waals surface area contributed by atoms with E-state index in [2.05, 4.69) is 57.4 Å². The average Bonchev–Trinajstić information content (AvgIpc) is 2.85. The van der Waals surface area contributed by atoms with E-state index in [1.165, 1.54) is 4.90 Å². The van der Waals surface area contributed by atoms with Crippen LogP contribution in [0.1, 0.15) is 18.8 Å². The Balaban J connectivity index is 1.30. The third-order valence-corrected chi connectivity index (χ3v) is 7.51. The Bertz CT molecular complexity index is 1050. The van der Waals surface area contributed by atoms with Gasteiger partial charge in [-0.05, 0) is 55.3 Å². The van der Waals surface area contributed by atoms with E-state index in [4.69, 9.17) is 26.3 Å². The average molecular weight is 470 g/mol. The molecule has 168 valence electrons. The van der Waals surface area contributed by atoms with Gasteiger partial charge in [0, 0.05) is 54.6 Å². The van der Waals surface area contributed by atoms with Gasteiger partial charge in [0.1, 0.15) is 11.6 Å². The molecule has 5 rings (SSSR count). The molecule has 3 aromatic rings. The van der Waals surface area contributed by atoms with Gasteiger partial charge in [-0.2, -0.15) is 0 Å². The maximum absolute atomic E-state index is 6.01. The second kappa shape index (κ2) is 9.93. The van der Waals surface area contributed by atoms with E-state index in [0.29, 0.717) is 0 Å². The van der Waals surface area contributed by atoms with E-state index in [1.807, 2.05) is 12.1 Å². The molecular formula is C24H28ClN5OS. The summed E-state index contributed by atoms with van der Waals surface area (Å²) in [6, 6.07) is 16.6. The summed E-state index contributed by atoms with van der Waals surface area (Å²) < 4.78 is 7.98. The summed E-state index contributed by atoms with van der Waals surface area (Å²) in [5.41, 5.74) is 1.02. The molecule has 8 heteroatoms. The molecule has 6 nitrogen and oxygen atoms in total. The molecule has 2 fully saturated rings. The molecule has 0 saturated carbocycles. The first-order valence-corrected chi connectivity index (χ1v) is 12.3. The van der Waals surface area contributed by atoms with Crippen molar-refractivity contribution in [3.05, 3.63) is 59.4 Å².